The van der Waals surface area contributed by atoms with Crippen molar-refractivity contribution in [2.24, 2.45) is 0 Å². The minimum absolute atomic E-state index is 0.546. The molecule has 0 radical (unpaired) electrons. The van der Waals surface area contributed by atoms with E-state index < -0.39 is 5.41 Å². The number of pyridine rings is 1. The normalized spacial score (nSPS) is 13.2. The van der Waals surface area contributed by atoms with Crippen LogP contribution in [0.15, 0.2) is 200 Å². The Morgan fingerprint density at radius 1 is 0.475 bits per heavy atom. The van der Waals surface area contributed by atoms with Crippen molar-refractivity contribution in [3.8, 4) is 56.8 Å². The second-order valence-corrected chi connectivity index (χ2v) is 16.1. The number of nitriles is 1. The lowest BCUT2D eigenvalue weighted by atomic mass is 9.66. The standard InChI is InChI=1S/C57H33N3O/c58-34-35-21-32-51-44(33-35)40-11-3-8-18-50(40)60(51)39-28-26-37(27-29-39)36-22-24-38(25-23-36)56-43-30-31-48-55(54(43)42-13-2-7-17-49(42)59-56)41-12-1-4-14-45(41)57(48)46-15-5-9-19-52(46)61-53-20-10-6-16-47(53)57/h1-33H. The fourth-order valence-corrected chi connectivity index (χ4v) is 10.5. The summed E-state index contributed by atoms with van der Waals surface area (Å²) in [6, 6.07) is 73.5. The van der Waals surface area contributed by atoms with Crippen molar-refractivity contribution < 1.29 is 4.74 Å². The topological polar surface area (TPSA) is 50.8 Å². The summed E-state index contributed by atoms with van der Waals surface area (Å²) in [7, 11) is 0. The summed E-state index contributed by atoms with van der Waals surface area (Å²) in [4.78, 5) is 5.39. The van der Waals surface area contributed by atoms with E-state index >= 15 is 0 Å². The summed E-state index contributed by atoms with van der Waals surface area (Å²) in [6.45, 7) is 0. The maximum atomic E-state index is 9.60. The highest BCUT2D eigenvalue weighted by atomic mass is 16.5. The summed E-state index contributed by atoms with van der Waals surface area (Å²) in [5.74, 6) is 1.78. The van der Waals surface area contributed by atoms with Gasteiger partial charge in [-0.2, -0.15) is 5.26 Å². The van der Waals surface area contributed by atoms with Gasteiger partial charge < -0.3 is 9.30 Å². The molecule has 11 aromatic rings. The second kappa shape index (κ2) is 12.6. The van der Waals surface area contributed by atoms with Crippen LogP contribution in [0.5, 0.6) is 11.5 Å². The molecule has 0 amide bonds. The van der Waals surface area contributed by atoms with Crippen LogP contribution in [0, 0.1) is 11.3 Å². The Balaban J connectivity index is 0.960. The van der Waals surface area contributed by atoms with Gasteiger partial charge in [-0.25, -0.2) is 4.98 Å². The smallest absolute Gasteiger partial charge is 0.132 e. The summed E-state index contributed by atoms with van der Waals surface area (Å²) in [5, 5.41) is 15.3. The SMILES string of the molecule is N#Cc1ccc2c(c1)c1ccccc1n2-c1ccc(-c2ccc(-c3nc4ccccc4c4c5c(ccc34)C3(c4ccccc4Oc4ccccc43)c3ccccc3-5)cc2)cc1. The molecule has 2 aliphatic rings. The van der Waals surface area contributed by atoms with Crippen molar-refractivity contribution in [3.63, 3.8) is 0 Å². The fourth-order valence-electron chi connectivity index (χ4n) is 10.5. The summed E-state index contributed by atoms with van der Waals surface area (Å²) >= 11 is 0. The van der Waals surface area contributed by atoms with E-state index in [2.05, 4.69) is 199 Å². The number of benzene rings is 9. The monoisotopic (exact) mass is 775 g/mol. The van der Waals surface area contributed by atoms with Crippen LogP contribution >= 0.6 is 0 Å². The Kier molecular flexibility index (Phi) is 6.97. The van der Waals surface area contributed by atoms with Gasteiger partial charge in [0.2, 0.25) is 0 Å². The lowest BCUT2D eigenvalue weighted by molar-refractivity contribution is 0.436. The largest absolute Gasteiger partial charge is 0.457 e. The molecular weight excluding hydrogens is 743 g/mol. The molecule has 0 N–H and O–H groups in total. The first-order chi connectivity index (χ1) is 30.2. The zero-order chi connectivity index (χ0) is 40.2. The van der Waals surface area contributed by atoms with Crippen molar-refractivity contribution >= 4 is 43.5 Å². The molecule has 4 heteroatoms. The Morgan fingerprint density at radius 3 is 1.84 bits per heavy atom. The number of rotatable bonds is 3. The van der Waals surface area contributed by atoms with E-state index in [0.29, 0.717) is 5.56 Å². The molecule has 1 spiro atoms. The molecule has 282 valence electrons. The van der Waals surface area contributed by atoms with Gasteiger partial charge in [0.15, 0.2) is 0 Å². The quantitative estimate of drug-likeness (QED) is 0.168. The van der Waals surface area contributed by atoms with E-state index in [0.717, 1.165) is 88.8 Å². The van der Waals surface area contributed by atoms with Crippen molar-refractivity contribution in [1.29, 1.82) is 5.26 Å². The molecule has 0 bridgehead atoms. The van der Waals surface area contributed by atoms with Gasteiger partial charge in [-0.3, -0.25) is 0 Å². The van der Waals surface area contributed by atoms with E-state index in [1.165, 1.54) is 27.6 Å². The maximum absolute atomic E-state index is 9.60. The van der Waals surface area contributed by atoms with Gasteiger partial charge >= 0.3 is 0 Å². The minimum Gasteiger partial charge on any atom is -0.457 e. The molecule has 1 aliphatic heterocycles. The highest BCUT2D eigenvalue weighted by molar-refractivity contribution is 6.19. The average molecular weight is 776 g/mol. The lowest BCUT2D eigenvalue weighted by Gasteiger charge is -2.39. The van der Waals surface area contributed by atoms with Crippen LogP contribution in [0.4, 0.5) is 0 Å². The molecule has 9 aromatic carbocycles. The minimum atomic E-state index is -0.546. The van der Waals surface area contributed by atoms with Crippen LogP contribution in [0.3, 0.4) is 0 Å². The van der Waals surface area contributed by atoms with Crippen molar-refractivity contribution in [2.75, 3.05) is 0 Å². The predicted molar refractivity (Wildman–Crippen MR) is 247 cm³/mol. The third kappa shape index (κ3) is 4.60. The first-order valence-corrected chi connectivity index (χ1v) is 20.7. The molecule has 0 fully saturated rings. The van der Waals surface area contributed by atoms with Crippen LogP contribution < -0.4 is 4.74 Å². The molecule has 0 atom stereocenters. The first-order valence-electron chi connectivity index (χ1n) is 20.7. The molecule has 2 aromatic heterocycles. The summed E-state index contributed by atoms with van der Waals surface area (Å²) in [6.07, 6.45) is 0. The number of nitrogens with zero attached hydrogens (tertiary/aromatic N) is 3. The van der Waals surface area contributed by atoms with Gasteiger partial charge in [-0.1, -0.05) is 146 Å². The van der Waals surface area contributed by atoms with Gasteiger partial charge in [0.1, 0.15) is 11.5 Å². The van der Waals surface area contributed by atoms with Gasteiger partial charge in [0, 0.05) is 49.3 Å². The highest BCUT2D eigenvalue weighted by Crippen LogP contribution is 2.63. The molecule has 3 heterocycles. The Labute approximate surface area is 351 Å². The third-order valence-corrected chi connectivity index (χ3v) is 13.1. The molecule has 0 unspecified atom stereocenters. The van der Waals surface area contributed by atoms with Crippen molar-refractivity contribution in [3.05, 3.63) is 228 Å². The van der Waals surface area contributed by atoms with Gasteiger partial charge in [0.25, 0.3) is 0 Å². The van der Waals surface area contributed by atoms with Crippen LogP contribution in [-0.2, 0) is 5.41 Å². The van der Waals surface area contributed by atoms with Crippen LogP contribution in [0.2, 0.25) is 0 Å². The summed E-state index contributed by atoms with van der Waals surface area (Å²) < 4.78 is 8.89. The molecule has 1 aliphatic carbocycles. The molecular formula is C57H33N3O. The zero-order valence-electron chi connectivity index (χ0n) is 32.8. The number of hydrogen-bond acceptors (Lipinski definition) is 3. The molecule has 13 rings (SSSR count). The number of para-hydroxylation sites is 4. The van der Waals surface area contributed by atoms with Gasteiger partial charge in [-0.05, 0) is 88.0 Å². The molecule has 0 saturated carbocycles. The number of ether oxygens (including phenoxy) is 1. The van der Waals surface area contributed by atoms with Crippen molar-refractivity contribution in [1.82, 2.24) is 9.55 Å². The molecule has 61 heavy (non-hydrogen) atoms. The third-order valence-electron chi connectivity index (χ3n) is 13.1. The lowest BCUT2D eigenvalue weighted by Crippen LogP contribution is -2.32. The number of aromatic nitrogens is 2. The van der Waals surface area contributed by atoms with Crippen molar-refractivity contribution in [2.45, 2.75) is 5.41 Å². The predicted octanol–water partition coefficient (Wildman–Crippen LogP) is 14.2. The molecule has 4 nitrogen and oxygen atoms in total. The van der Waals surface area contributed by atoms with E-state index in [1.807, 2.05) is 12.1 Å². The highest BCUT2D eigenvalue weighted by Gasteiger charge is 2.51. The van der Waals surface area contributed by atoms with Gasteiger partial charge in [0.05, 0.1) is 39.3 Å². The van der Waals surface area contributed by atoms with Crippen LogP contribution in [-0.4, -0.2) is 9.55 Å². The second-order valence-electron chi connectivity index (χ2n) is 16.1. The zero-order valence-corrected chi connectivity index (χ0v) is 32.8. The van der Waals surface area contributed by atoms with Gasteiger partial charge in [-0.15, -0.1) is 0 Å². The fraction of sp³-hybridized carbons (Fsp3) is 0.0175. The van der Waals surface area contributed by atoms with E-state index in [9.17, 15) is 5.26 Å². The van der Waals surface area contributed by atoms with E-state index in [1.54, 1.807) is 0 Å². The van der Waals surface area contributed by atoms with Crippen LogP contribution in [0.1, 0.15) is 27.8 Å². The summed E-state index contributed by atoms with van der Waals surface area (Å²) in [5.41, 5.74) is 16.0. The maximum Gasteiger partial charge on any atom is 0.132 e. The average Bonchev–Trinajstić information content (AvgIpc) is 3.82. The number of hydrogen-bond donors (Lipinski definition) is 0. The number of fused-ring (bicyclic) bond motifs is 16. The Morgan fingerprint density at radius 2 is 1.08 bits per heavy atom. The first kappa shape index (κ1) is 33.7. The Hall–Kier alpha value is -8.26. The Bertz CT molecular complexity index is 3640. The van der Waals surface area contributed by atoms with Crippen LogP contribution in [0.25, 0.3) is 82.7 Å². The molecule has 0 saturated heterocycles. The van der Waals surface area contributed by atoms with E-state index in [4.69, 9.17) is 9.72 Å². The van der Waals surface area contributed by atoms with E-state index in [-0.39, 0.29) is 0 Å².